The molecule has 2 atom stereocenters. The van der Waals surface area contributed by atoms with Crippen molar-refractivity contribution < 1.29 is 14.4 Å². The average Bonchev–Trinajstić information content (AvgIpc) is 3.12. The molecule has 2 fully saturated rings. The van der Waals surface area contributed by atoms with E-state index in [2.05, 4.69) is 10.3 Å². The predicted octanol–water partition coefficient (Wildman–Crippen LogP) is 3.11. The molecular weight excluding hydrogens is 350 g/mol. The quantitative estimate of drug-likeness (QED) is 0.838. The second-order valence-electron chi connectivity index (χ2n) is 7.11. The molecule has 1 saturated carbocycles. The van der Waals surface area contributed by atoms with Gasteiger partial charge in [-0.2, -0.15) is 0 Å². The molecule has 1 saturated heterocycles. The number of nitrogens with zero attached hydrogens (tertiary/aromatic N) is 2. The van der Waals surface area contributed by atoms with Crippen molar-refractivity contribution in [2.75, 3.05) is 11.9 Å². The fourth-order valence-electron chi connectivity index (χ4n) is 3.93. The van der Waals surface area contributed by atoms with Crippen LogP contribution in [0.15, 0.2) is 18.2 Å². The van der Waals surface area contributed by atoms with Crippen molar-refractivity contribution in [3.05, 3.63) is 23.8 Å². The van der Waals surface area contributed by atoms with Crippen LogP contribution >= 0.6 is 11.3 Å². The van der Waals surface area contributed by atoms with E-state index in [0.717, 1.165) is 41.5 Å². The highest BCUT2D eigenvalue weighted by Crippen LogP contribution is 2.38. The summed E-state index contributed by atoms with van der Waals surface area (Å²) >= 11 is 1.42. The number of aromatic nitrogens is 1. The summed E-state index contributed by atoms with van der Waals surface area (Å²) in [7, 11) is 0. The van der Waals surface area contributed by atoms with E-state index < -0.39 is 0 Å². The largest absolute Gasteiger partial charge is 0.302 e. The predicted molar refractivity (Wildman–Crippen MR) is 99.8 cm³/mol. The lowest BCUT2D eigenvalue weighted by molar-refractivity contribution is -0.140. The molecule has 2 heterocycles. The molecule has 1 aliphatic carbocycles. The Balaban J connectivity index is 1.37. The molecule has 6 nitrogen and oxygen atoms in total. The number of fused-ring (bicyclic) bond motifs is 2. The number of imide groups is 1. The molecule has 2 aromatic rings. The lowest BCUT2D eigenvalue weighted by Gasteiger charge is -2.19. The minimum Gasteiger partial charge on any atom is -0.302 e. The van der Waals surface area contributed by atoms with Gasteiger partial charge >= 0.3 is 0 Å². The van der Waals surface area contributed by atoms with E-state index in [1.54, 1.807) is 0 Å². The van der Waals surface area contributed by atoms with Gasteiger partial charge in [-0.25, -0.2) is 4.98 Å². The van der Waals surface area contributed by atoms with E-state index >= 15 is 0 Å². The van der Waals surface area contributed by atoms with E-state index in [4.69, 9.17) is 0 Å². The second kappa shape index (κ2) is 6.79. The minimum atomic E-state index is -0.226. The number of likely N-dealkylation sites (tertiary alicyclic amines) is 1. The van der Waals surface area contributed by atoms with Crippen LogP contribution in [0.4, 0.5) is 5.13 Å². The van der Waals surface area contributed by atoms with Crippen LogP contribution in [-0.4, -0.2) is 34.2 Å². The van der Waals surface area contributed by atoms with Crippen molar-refractivity contribution in [3.63, 3.8) is 0 Å². The van der Waals surface area contributed by atoms with Crippen LogP contribution in [0, 0.1) is 18.8 Å². The monoisotopic (exact) mass is 371 g/mol. The highest BCUT2D eigenvalue weighted by atomic mass is 32.1. The standard InChI is InChI=1S/C19H21N3O3S/c1-11-6-7-14-15(10-11)26-19(20-14)21-16(23)8-9-22-17(24)12-4-2-3-5-13(12)18(22)25/h6-7,10,12-13H,2-5,8-9H2,1H3,(H,20,21,23)/t12-,13+. The molecule has 4 rings (SSSR count). The van der Waals surface area contributed by atoms with Crippen LogP contribution in [0.5, 0.6) is 0 Å². The maximum absolute atomic E-state index is 12.4. The lowest BCUT2D eigenvalue weighted by atomic mass is 9.81. The molecule has 0 spiro atoms. The third kappa shape index (κ3) is 3.11. The Kier molecular flexibility index (Phi) is 4.48. The van der Waals surface area contributed by atoms with Crippen molar-refractivity contribution in [2.24, 2.45) is 11.8 Å². The number of carbonyl (C=O) groups excluding carboxylic acids is 3. The number of carbonyl (C=O) groups is 3. The van der Waals surface area contributed by atoms with E-state index in [9.17, 15) is 14.4 Å². The summed E-state index contributed by atoms with van der Waals surface area (Å²) in [6.07, 6.45) is 3.70. The van der Waals surface area contributed by atoms with Crippen LogP contribution in [0.25, 0.3) is 10.2 Å². The van der Waals surface area contributed by atoms with Crippen LogP contribution in [0.2, 0.25) is 0 Å². The molecule has 0 radical (unpaired) electrons. The topological polar surface area (TPSA) is 79.4 Å². The zero-order valence-corrected chi connectivity index (χ0v) is 15.5. The summed E-state index contributed by atoms with van der Waals surface area (Å²) in [5.41, 5.74) is 2.00. The van der Waals surface area contributed by atoms with Crippen molar-refractivity contribution in [2.45, 2.75) is 39.0 Å². The Labute approximate surface area is 155 Å². The van der Waals surface area contributed by atoms with Gasteiger partial charge in [0.2, 0.25) is 17.7 Å². The van der Waals surface area contributed by atoms with Gasteiger partial charge in [0.1, 0.15) is 0 Å². The zero-order valence-electron chi connectivity index (χ0n) is 14.7. The fraction of sp³-hybridized carbons (Fsp3) is 0.474. The minimum absolute atomic E-state index is 0.0945. The van der Waals surface area contributed by atoms with E-state index in [1.807, 2.05) is 25.1 Å². The Morgan fingerprint density at radius 3 is 2.62 bits per heavy atom. The van der Waals surface area contributed by atoms with Crippen LogP contribution < -0.4 is 5.32 Å². The van der Waals surface area contributed by atoms with Gasteiger partial charge in [0.15, 0.2) is 5.13 Å². The van der Waals surface area contributed by atoms with E-state index in [0.29, 0.717) is 5.13 Å². The third-order valence-corrected chi connectivity index (χ3v) is 6.22. The molecule has 1 N–H and O–H groups in total. The van der Waals surface area contributed by atoms with Crippen LogP contribution in [0.1, 0.15) is 37.7 Å². The van der Waals surface area contributed by atoms with E-state index in [1.165, 1.54) is 16.2 Å². The number of amides is 3. The highest BCUT2D eigenvalue weighted by Gasteiger charge is 2.47. The summed E-state index contributed by atoms with van der Waals surface area (Å²) in [6, 6.07) is 5.95. The number of rotatable bonds is 4. The average molecular weight is 371 g/mol. The molecule has 26 heavy (non-hydrogen) atoms. The van der Waals surface area contributed by atoms with Gasteiger partial charge in [0.25, 0.3) is 0 Å². The SMILES string of the molecule is Cc1ccc2nc(NC(=O)CCN3C(=O)[C@H]4CCCC[C@H]4C3=O)sc2c1. The fourth-order valence-corrected chi connectivity index (χ4v) is 4.91. The normalized spacial score (nSPS) is 22.7. The molecular formula is C19H21N3O3S. The summed E-state index contributed by atoms with van der Waals surface area (Å²) in [5, 5.41) is 3.33. The maximum Gasteiger partial charge on any atom is 0.233 e. The van der Waals surface area contributed by atoms with Gasteiger partial charge in [-0.05, 0) is 37.5 Å². The van der Waals surface area contributed by atoms with Gasteiger partial charge in [0.05, 0.1) is 22.1 Å². The van der Waals surface area contributed by atoms with Crippen LogP contribution in [-0.2, 0) is 14.4 Å². The summed E-state index contributed by atoms with van der Waals surface area (Å²) in [4.78, 5) is 42.8. The molecule has 7 heteroatoms. The van der Waals surface area contributed by atoms with E-state index in [-0.39, 0.29) is 42.5 Å². The summed E-state index contributed by atoms with van der Waals surface area (Å²) < 4.78 is 1.02. The van der Waals surface area contributed by atoms with Gasteiger partial charge in [-0.15, -0.1) is 0 Å². The third-order valence-electron chi connectivity index (χ3n) is 5.29. The molecule has 0 unspecified atom stereocenters. The number of thiazole rings is 1. The first kappa shape index (κ1) is 17.1. The summed E-state index contributed by atoms with van der Waals surface area (Å²) in [6.45, 7) is 2.17. The molecule has 1 aromatic heterocycles. The number of nitrogens with one attached hydrogen (secondary N) is 1. The van der Waals surface area contributed by atoms with Crippen molar-refractivity contribution in [1.82, 2.24) is 9.88 Å². The number of anilines is 1. The number of aryl methyl sites for hydroxylation is 1. The van der Waals surface area contributed by atoms with Crippen LogP contribution in [0.3, 0.4) is 0 Å². The molecule has 0 bridgehead atoms. The van der Waals surface area contributed by atoms with Gasteiger partial charge < -0.3 is 5.32 Å². The van der Waals surface area contributed by atoms with Gasteiger partial charge in [-0.1, -0.05) is 30.2 Å². The molecule has 136 valence electrons. The Hall–Kier alpha value is -2.28. The first-order valence-corrected chi connectivity index (χ1v) is 9.87. The summed E-state index contributed by atoms with van der Waals surface area (Å²) in [5.74, 6) is -0.735. The van der Waals surface area contributed by atoms with Crippen molar-refractivity contribution >= 4 is 44.4 Å². The molecule has 2 aliphatic rings. The zero-order chi connectivity index (χ0) is 18.3. The van der Waals surface area contributed by atoms with Gasteiger partial charge in [-0.3, -0.25) is 19.3 Å². The Bertz CT molecular complexity index is 867. The lowest BCUT2D eigenvalue weighted by Crippen LogP contribution is -2.34. The first-order valence-electron chi connectivity index (χ1n) is 9.05. The number of benzene rings is 1. The Morgan fingerprint density at radius 2 is 1.92 bits per heavy atom. The first-order chi connectivity index (χ1) is 12.5. The second-order valence-corrected chi connectivity index (χ2v) is 8.14. The maximum atomic E-state index is 12.4. The van der Waals surface area contributed by atoms with Crippen molar-refractivity contribution in [1.29, 1.82) is 0 Å². The van der Waals surface area contributed by atoms with Crippen molar-refractivity contribution in [3.8, 4) is 0 Å². The number of hydrogen-bond acceptors (Lipinski definition) is 5. The highest BCUT2D eigenvalue weighted by molar-refractivity contribution is 7.22. The molecule has 1 aromatic carbocycles. The van der Waals surface area contributed by atoms with Gasteiger partial charge in [0, 0.05) is 13.0 Å². The number of hydrogen-bond donors (Lipinski definition) is 1. The smallest absolute Gasteiger partial charge is 0.233 e. The Morgan fingerprint density at radius 1 is 1.23 bits per heavy atom. The molecule has 1 aliphatic heterocycles. The molecule has 3 amide bonds.